The number of non-ortho nitro benzene ring substituents is 1. The van der Waals surface area contributed by atoms with E-state index < -0.39 is 0 Å². The van der Waals surface area contributed by atoms with Gasteiger partial charge in [0, 0.05) is 23.9 Å². The second-order valence-corrected chi connectivity index (χ2v) is 4.74. The zero-order valence-electron chi connectivity index (χ0n) is 10.1. The monoisotopic (exact) mass is 234 g/mol. The molecule has 0 saturated heterocycles. The number of hydrogen-bond acceptors (Lipinski definition) is 3. The van der Waals surface area contributed by atoms with Crippen LogP contribution in [0.25, 0.3) is 0 Å². The van der Waals surface area contributed by atoms with E-state index in [1.165, 1.54) is 25.3 Å². The summed E-state index contributed by atoms with van der Waals surface area (Å²) in [6.07, 6.45) is 4.92. The Bertz CT molecular complexity index is 402. The Morgan fingerprint density at radius 1 is 1.53 bits per heavy atom. The number of nitro benzene ring substituents is 1. The van der Waals surface area contributed by atoms with Crippen LogP contribution < -0.4 is 5.32 Å². The maximum Gasteiger partial charge on any atom is 0.271 e. The van der Waals surface area contributed by atoms with Crippen molar-refractivity contribution in [2.45, 2.75) is 38.6 Å². The molecule has 1 saturated carbocycles. The molecule has 1 aromatic carbocycles. The molecule has 4 nitrogen and oxygen atoms in total. The summed E-state index contributed by atoms with van der Waals surface area (Å²) in [7, 11) is 0. The van der Waals surface area contributed by atoms with Gasteiger partial charge < -0.3 is 5.32 Å². The molecule has 0 radical (unpaired) electrons. The third kappa shape index (κ3) is 3.44. The fraction of sp³-hybridized carbons (Fsp3) is 0.538. The van der Waals surface area contributed by atoms with E-state index in [-0.39, 0.29) is 10.6 Å². The molecule has 0 aliphatic heterocycles. The summed E-state index contributed by atoms with van der Waals surface area (Å²) < 4.78 is 0. The molecule has 1 fully saturated rings. The molecule has 1 aromatic rings. The van der Waals surface area contributed by atoms with Crippen molar-refractivity contribution in [2.24, 2.45) is 5.92 Å². The first-order chi connectivity index (χ1) is 8.19. The highest BCUT2D eigenvalue weighted by atomic mass is 16.6. The van der Waals surface area contributed by atoms with E-state index in [1.54, 1.807) is 12.1 Å². The van der Waals surface area contributed by atoms with Crippen molar-refractivity contribution >= 4 is 11.4 Å². The van der Waals surface area contributed by atoms with Crippen molar-refractivity contribution in [1.82, 2.24) is 0 Å². The van der Waals surface area contributed by atoms with Crippen LogP contribution in [0.2, 0.25) is 0 Å². The lowest BCUT2D eigenvalue weighted by Gasteiger charge is -2.17. The Morgan fingerprint density at radius 2 is 2.29 bits per heavy atom. The van der Waals surface area contributed by atoms with E-state index >= 15 is 0 Å². The van der Waals surface area contributed by atoms with Crippen LogP contribution in [0.3, 0.4) is 0 Å². The number of rotatable bonds is 6. The standard InChI is InChI=1S/C13H18N2O2/c1-2-11(8-10-6-7-10)14-12-4-3-5-13(9-12)15(16)17/h3-5,9-11,14H,2,6-8H2,1H3. The van der Waals surface area contributed by atoms with E-state index in [2.05, 4.69) is 12.2 Å². The second-order valence-electron chi connectivity index (χ2n) is 4.74. The van der Waals surface area contributed by atoms with Gasteiger partial charge in [-0.05, 0) is 24.8 Å². The van der Waals surface area contributed by atoms with Gasteiger partial charge >= 0.3 is 0 Å². The Hall–Kier alpha value is -1.58. The summed E-state index contributed by atoms with van der Waals surface area (Å²) in [5.74, 6) is 0.867. The van der Waals surface area contributed by atoms with Gasteiger partial charge in [-0.15, -0.1) is 0 Å². The van der Waals surface area contributed by atoms with Crippen LogP contribution in [0, 0.1) is 16.0 Å². The third-order valence-electron chi connectivity index (χ3n) is 3.24. The average molecular weight is 234 g/mol. The van der Waals surface area contributed by atoms with Gasteiger partial charge in [0.05, 0.1) is 4.92 Å². The Labute approximate surface area is 101 Å². The minimum absolute atomic E-state index is 0.149. The van der Waals surface area contributed by atoms with Gasteiger partial charge in [-0.3, -0.25) is 10.1 Å². The van der Waals surface area contributed by atoms with E-state index in [0.717, 1.165) is 18.0 Å². The molecule has 0 aromatic heterocycles. The molecule has 0 heterocycles. The van der Waals surface area contributed by atoms with Gasteiger partial charge in [-0.1, -0.05) is 25.8 Å². The predicted molar refractivity (Wildman–Crippen MR) is 68.1 cm³/mol. The molecule has 17 heavy (non-hydrogen) atoms. The number of benzene rings is 1. The fourth-order valence-electron chi connectivity index (χ4n) is 2.03. The van der Waals surface area contributed by atoms with Crippen LogP contribution in [0.5, 0.6) is 0 Å². The molecule has 92 valence electrons. The molecule has 0 bridgehead atoms. The number of hydrogen-bond donors (Lipinski definition) is 1. The highest BCUT2D eigenvalue weighted by molar-refractivity contribution is 5.51. The van der Waals surface area contributed by atoms with Gasteiger partial charge in [0.1, 0.15) is 0 Å². The van der Waals surface area contributed by atoms with Crippen molar-refractivity contribution in [3.63, 3.8) is 0 Å². The Balaban J connectivity index is 2.00. The summed E-state index contributed by atoms with van der Waals surface area (Å²) in [5, 5.41) is 14.1. The highest BCUT2D eigenvalue weighted by Crippen LogP contribution is 2.35. The van der Waals surface area contributed by atoms with Gasteiger partial charge in [-0.25, -0.2) is 0 Å². The molecule has 2 rings (SSSR count). The minimum atomic E-state index is -0.354. The lowest BCUT2D eigenvalue weighted by atomic mass is 10.1. The van der Waals surface area contributed by atoms with Crippen molar-refractivity contribution < 1.29 is 4.92 Å². The van der Waals surface area contributed by atoms with Crippen LogP contribution in [-0.2, 0) is 0 Å². The number of nitrogens with zero attached hydrogens (tertiary/aromatic N) is 1. The SMILES string of the molecule is CCC(CC1CC1)Nc1cccc([N+](=O)[O-])c1. The summed E-state index contributed by atoms with van der Waals surface area (Å²) in [4.78, 5) is 10.3. The number of nitro groups is 1. The van der Waals surface area contributed by atoms with Crippen LogP contribution in [0.1, 0.15) is 32.6 Å². The van der Waals surface area contributed by atoms with Crippen LogP contribution in [0.15, 0.2) is 24.3 Å². The first-order valence-electron chi connectivity index (χ1n) is 6.20. The summed E-state index contributed by atoms with van der Waals surface area (Å²) in [5.41, 5.74) is 1.00. The van der Waals surface area contributed by atoms with Crippen molar-refractivity contribution in [3.8, 4) is 0 Å². The first-order valence-corrected chi connectivity index (χ1v) is 6.20. The third-order valence-corrected chi connectivity index (χ3v) is 3.24. The number of anilines is 1. The van der Waals surface area contributed by atoms with Gasteiger partial charge in [0.2, 0.25) is 0 Å². The Morgan fingerprint density at radius 3 is 2.88 bits per heavy atom. The molecule has 1 N–H and O–H groups in total. The van der Waals surface area contributed by atoms with Crippen LogP contribution >= 0.6 is 0 Å². The van der Waals surface area contributed by atoms with E-state index in [9.17, 15) is 10.1 Å². The lowest BCUT2D eigenvalue weighted by molar-refractivity contribution is -0.384. The quantitative estimate of drug-likeness (QED) is 0.604. The van der Waals surface area contributed by atoms with Crippen molar-refractivity contribution in [3.05, 3.63) is 34.4 Å². The van der Waals surface area contributed by atoms with Gasteiger partial charge in [-0.2, -0.15) is 0 Å². The van der Waals surface area contributed by atoms with Crippen molar-refractivity contribution in [1.29, 1.82) is 0 Å². The highest BCUT2D eigenvalue weighted by Gasteiger charge is 2.24. The molecular weight excluding hydrogens is 216 g/mol. The van der Waals surface area contributed by atoms with E-state index in [4.69, 9.17) is 0 Å². The summed E-state index contributed by atoms with van der Waals surface area (Å²) in [6.45, 7) is 2.15. The topological polar surface area (TPSA) is 55.2 Å². The number of nitrogens with one attached hydrogen (secondary N) is 1. The molecule has 1 aliphatic carbocycles. The van der Waals surface area contributed by atoms with Crippen molar-refractivity contribution in [2.75, 3.05) is 5.32 Å². The van der Waals surface area contributed by atoms with Gasteiger partial charge in [0.25, 0.3) is 5.69 Å². The molecule has 1 atom stereocenters. The molecule has 0 spiro atoms. The van der Waals surface area contributed by atoms with E-state index in [1.807, 2.05) is 6.07 Å². The molecule has 4 heteroatoms. The Kier molecular flexibility index (Phi) is 3.61. The summed E-state index contributed by atoms with van der Waals surface area (Å²) in [6, 6.07) is 7.18. The van der Waals surface area contributed by atoms with Gasteiger partial charge in [0.15, 0.2) is 0 Å². The zero-order chi connectivity index (χ0) is 12.3. The van der Waals surface area contributed by atoms with Crippen LogP contribution in [0.4, 0.5) is 11.4 Å². The maximum atomic E-state index is 10.7. The zero-order valence-corrected chi connectivity index (χ0v) is 10.1. The fourth-order valence-corrected chi connectivity index (χ4v) is 2.03. The lowest BCUT2D eigenvalue weighted by Crippen LogP contribution is -2.19. The maximum absolute atomic E-state index is 10.7. The molecule has 0 amide bonds. The molecule has 1 aliphatic rings. The minimum Gasteiger partial charge on any atom is -0.382 e. The molecule has 1 unspecified atom stereocenters. The normalized spacial score (nSPS) is 16.5. The predicted octanol–water partition coefficient (Wildman–Crippen LogP) is 3.59. The average Bonchev–Trinajstić information content (AvgIpc) is 3.12. The second kappa shape index (κ2) is 5.17. The summed E-state index contributed by atoms with van der Waals surface area (Å²) >= 11 is 0. The van der Waals surface area contributed by atoms with Crippen LogP contribution in [-0.4, -0.2) is 11.0 Å². The first kappa shape index (κ1) is 11.9. The smallest absolute Gasteiger partial charge is 0.271 e. The van der Waals surface area contributed by atoms with E-state index in [0.29, 0.717) is 6.04 Å². The largest absolute Gasteiger partial charge is 0.382 e. The molecular formula is C13H18N2O2.